The molecule has 0 atom stereocenters. The van der Waals surface area contributed by atoms with E-state index in [0.29, 0.717) is 17.5 Å². The summed E-state index contributed by atoms with van der Waals surface area (Å²) in [6.07, 6.45) is 2.49. The largest absolute Gasteiger partial charge is 0.360 e. The lowest BCUT2D eigenvalue weighted by Crippen LogP contribution is -2.22. The minimum Gasteiger partial charge on any atom is -0.360 e. The van der Waals surface area contributed by atoms with Gasteiger partial charge < -0.3 is 4.52 Å². The van der Waals surface area contributed by atoms with Crippen LogP contribution in [-0.4, -0.2) is 9.72 Å². The molecule has 4 nitrogen and oxygen atoms in total. The van der Waals surface area contributed by atoms with Crippen LogP contribution in [0.5, 0.6) is 0 Å². The topological polar surface area (TPSA) is 48.0 Å². The van der Waals surface area contributed by atoms with E-state index in [1.807, 2.05) is 12.1 Å². The van der Waals surface area contributed by atoms with Gasteiger partial charge in [0.1, 0.15) is 5.76 Å². The SMILES string of the molecule is Cc1cc(-n2cccc(CC(C)C)c2=O)no1. The number of nitrogens with zero attached hydrogens (tertiary/aromatic N) is 2. The number of hydrogen-bond acceptors (Lipinski definition) is 3. The van der Waals surface area contributed by atoms with Crippen molar-refractivity contribution in [1.29, 1.82) is 0 Å². The van der Waals surface area contributed by atoms with Crippen molar-refractivity contribution in [3.05, 3.63) is 46.1 Å². The fraction of sp³-hybridized carbons (Fsp3) is 0.385. The van der Waals surface area contributed by atoms with Gasteiger partial charge in [-0.3, -0.25) is 9.36 Å². The summed E-state index contributed by atoms with van der Waals surface area (Å²) in [5.74, 6) is 1.69. The van der Waals surface area contributed by atoms with Gasteiger partial charge in [0.15, 0.2) is 5.82 Å². The normalized spacial score (nSPS) is 11.1. The molecule has 17 heavy (non-hydrogen) atoms. The van der Waals surface area contributed by atoms with Gasteiger partial charge in [-0.15, -0.1) is 0 Å². The quantitative estimate of drug-likeness (QED) is 0.816. The van der Waals surface area contributed by atoms with Gasteiger partial charge >= 0.3 is 0 Å². The predicted octanol–water partition coefficient (Wildman–Crippen LogP) is 2.33. The highest BCUT2D eigenvalue weighted by atomic mass is 16.5. The zero-order valence-corrected chi connectivity index (χ0v) is 10.3. The number of hydrogen-bond donors (Lipinski definition) is 0. The van der Waals surface area contributed by atoms with Crippen molar-refractivity contribution in [2.45, 2.75) is 27.2 Å². The third-order valence-corrected chi connectivity index (χ3v) is 2.52. The van der Waals surface area contributed by atoms with E-state index in [2.05, 4.69) is 19.0 Å². The van der Waals surface area contributed by atoms with E-state index in [9.17, 15) is 4.79 Å². The van der Waals surface area contributed by atoms with Crippen molar-refractivity contribution < 1.29 is 4.52 Å². The summed E-state index contributed by atoms with van der Waals surface area (Å²) in [6.45, 7) is 5.99. The molecule has 0 aliphatic rings. The Morgan fingerprint density at radius 3 is 2.82 bits per heavy atom. The molecular formula is C13H16N2O2. The third kappa shape index (κ3) is 2.46. The van der Waals surface area contributed by atoms with Crippen LogP contribution in [0.4, 0.5) is 0 Å². The van der Waals surface area contributed by atoms with Crippen molar-refractivity contribution in [3.8, 4) is 5.82 Å². The second-order valence-corrected chi connectivity index (χ2v) is 4.60. The van der Waals surface area contributed by atoms with Crippen molar-refractivity contribution in [2.24, 2.45) is 5.92 Å². The first-order valence-electron chi connectivity index (χ1n) is 5.72. The molecule has 0 aliphatic carbocycles. The Balaban J connectivity index is 2.46. The highest BCUT2D eigenvalue weighted by molar-refractivity contribution is 5.25. The zero-order valence-electron chi connectivity index (χ0n) is 10.3. The van der Waals surface area contributed by atoms with E-state index in [-0.39, 0.29) is 5.56 Å². The Labute approximate surface area is 99.9 Å². The maximum atomic E-state index is 12.2. The molecule has 0 unspecified atom stereocenters. The molecule has 0 radical (unpaired) electrons. The summed E-state index contributed by atoms with van der Waals surface area (Å²) in [4.78, 5) is 12.2. The van der Waals surface area contributed by atoms with E-state index in [1.54, 1.807) is 19.2 Å². The van der Waals surface area contributed by atoms with Gasteiger partial charge in [0.2, 0.25) is 0 Å². The van der Waals surface area contributed by atoms with E-state index in [4.69, 9.17) is 4.52 Å². The monoisotopic (exact) mass is 232 g/mol. The van der Waals surface area contributed by atoms with Gasteiger partial charge in [-0.1, -0.05) is 25.1 Å². The van der Waals surface area contributed by atoms with E-state index < -0.39 is 0 Å². The Hall–Kier alpha value is -1.84. The zero-order chi connectivity index (χ0) is 12.4. The summed E-state index contributed by atoms with van der Waals surface area (Å²) in [6, 6.07) is 5.48. The summed E-state index contributed by atoms with van der Waals surface area (Å²) in [5.41, 5.74) is 0.789. The predicted molar refractivity (Wildman–Crippen MR) is 65.4 cm³/mol. The van der Waals surface area contributed by atoms with Crippen LogP contribution in [0.1, 0.15) is 25.2 Å². The van der Waals surface area contributed by atoms with E-state index in [0.717, 1.165) is 12.0 Å². The fourth-order valence-corrected chi connectivity index (χ4v) is 1.78. The van der Waals surface area contributed by atoms with Crippen LogP contribution >= 0.6 is 0 Å². The molecule has 0 aliphatic heterocycles. The Morgan fingerprint density at radius 1 is 1.47 bits per heavy atom. The summed E-state index contributed by atoms with van der Waals surface area (Å²) in [5, 5.41) is 3.86. The van der Waals surface area contributed by atoms with Gasteiger partial charge in [0.25, 0.3) is 5.56 Å². The molecule has 90 valence electrons. The lowest BCUT2D eigenvalue weighted by atomic mass is 10.0. The number of aromatic nitrogens is 2. The lowest BCUT2D eigenvalue weighted by Gasteiger charge is -2.06. The van der Waals surface area contributed by atoms with Gasteiger partial charge in [0.05, 0.1) is 0 Å². The highest BCUT2D eigenvalue weighted by Crippen LogP contribution is 2.08. The Kier molecular flexibility index (Phi) is 3.13. The van der Waals surface area contributed by atoms with Crippen LogP contribution in [0.25, 0.3) is 5.82 Å². The minimum atomic E-state index is -0.0190. The first-order chi connectivity index (χ1) is 8.08. The molecule has 0 fully saturated rings. The first kappa shape index (κ1) is 11.6. The van der Waals surface area contributed by atoms with Crippen LogP contribution in [0.15, 0.2) is 33.7 Å². The van der Waals surface area contributed by atoms with E-state index in [1.165, 1.54) is 4.57 Å². The molecule has 0 saturated carbocycles. The van der Waals surface area contributed by atoms with Crippen LogP contribution in [-0.2, 0) is 6.42 Å². The number of aryl methyl sites for hydroxylation is 1. The molecule has 2 aromatic heterocycles. The fourth-order valence-electron chi connectivity index (χ4n) is 1.78. The second-order valence-electron chi connectivity index (χ2n) is 4.60. The molecule has 0 spiro atoms. The third-order valence-electron chi connectivity index (χ3n) is 2.52. The van der Waals surface area contributed by atoms with Crippen molar-refractivity contribution >= 4 is 0 Å². The molecule has 0 bridgehead atoms. The molecule has 2 heterocycles. The van der Waals surface area contributed by atoms with Crippen LogP contribution in [0.3, 0.4) is 0 Å². The average molecular weight is 232 g/mol. The molecular weight excluding hydrogens is 216 g/mol. The number of pyridine rings is 1. The summed E-state index contributed by atoms with van der Waals surface area (Å²) >= 11 is 0. The maximum absolute atomic E-state index is 12.2. The molecule has 0 N–H and O–H groups in total. The van der Waals surface area contributed by atoms with E-state index >= 15 is 0 Å². The minimum absolute atomic E-state index is 0.0190. The Bertz CT molecular complexity index is 567. The lowest BCUT2D eigenvalue weighted by molar-refractivity contribution is 0.394. The Morgan fingerprint density at radius 2 is 2.24 bits per heavy atom. The van der Waals surface area contributed by atoms with Crippen molar-refractivity contribution in [1.82, 2.24) is 9.72 Å². The van der Waals surface area contributed by atoms with Crippen LogP contribution in [0, 0.1) is 12.8 Å². The molecule has 0 saturated heterocycles. The molecule has 0 amide bonds. The standard InChI is InChI=1S/C13H16N2O2/c1-9(2)7-11-5-4-6-15(13(11)16)12-8-10(3)17-14-12/h4-6,8-9H,7H2,1-3H3. The molecule has 4 heteroatoms. The van der Waals surface area contributed by atoms with Crippen LogP contribution in [0.2, 0.25) is 0 Å². The van der Waals surface area contributed by atoms with Crippen molar-refractivity contribution in [3.63, 3.8) is 0 Å². The van der Waals surface area contributed by atoms with Gasteiger partial charge in [-0.2, -0.15) is 0 Å². The first-order valence-corrected chi connectivity index (χ1v) is 5.72. The summed E-state index contributed by atoms with van der Waals surface area (Å²) < 4.78 is 6.51. The molecule has 2 aromatic rings. The van der Waals surface area contributed by atoms with Gasteiger partial charge in [0, 0.05) is 17.8 Å². The second kappa shape index (κ2) is 4.57. The smallest absolute Gasteiger partial charge is 0.259 e. The summed E-state index contributed by atoms with van der Waals surface area (Å²) in [7, 11) is 0. The molecule has 0 aromatic carbocycles. The number of rotatable bonds is 3. The maximum Gasteiger partial charge on any atom is 0.259 e. The van der Waals surface area contributed by atoms with Crippen LogP contribution < -0.4 is 5.56 Å². The molecule has 2 rings (SSSR count). The van der Waals surface area contributed by atoms with Gasteiger partial charge in [-0.05, 0) is 25.3 Å². The van der Waals surface area contributed by atoms with Gasteiger partial charge in [-0.25, -0.2) is 0 Å². The highest BCUT2D eigenvalue weighted by Gasteiger charge is 2.09. The average Bonchev–Trinajstić information content (AvgIpc) is 2.67. The van der Waals surface area contributed by atoms with Crippen molar-refractivity contribution in [2.75, 3.05) is 0 Å².